The van der Waals surface area contributed by atoms with Crippen LogP contribution in [0.1, 0.15) is 35.1 Å². The van der Waals surface area contributed by atoms with Crippen LogP contribution in [0.2, 0.25) is 0 Å². The highest BCUT2D eigenvalue weighted by molar-refractivity contribution is 5.87. The number of aliphatic hydroxyl groups is 1. The van der Waals surface area contributed by atoms with E-state index in [1.165, 1.54) is 6.07 Å². The summed E-state index contributed by atoms with van der Waals surface area (Å²) >= 11 is 0. The van der Waals surface area contributed by atoms with Gasteiger partial charge in [0.2, 0.25) is 5.91 Å². The van der Waals surface area contributed by atoms with E-state index < -0.39 is 23.0 Å². The molecule has 1 N–H and O–H groups in total. The molecule has 8 heteroatoms. The molecule has 1 fully saturated rings. The molecular weight excluding hydrogens is 466 g/mol. The lowest BCUT2D eigenvalue weighted by atomic mass is 9.89. The van der Waals surface area contributed by atoms with Gasteiger partial charge in [-0.05, 0) is 23.1 Å². The third-order valence-corrected chi connectivity index (χ3v) is 6.47. The summed E-state index contributed by atoms with van der Waals surface area (Å²) in [5.74, 6) is -0.591. The summed E-state index contributed by atoms with van der Waals surface area (Å²) in [5, 5.41) is 21.4. The second-order valence-corrected chi connectivity index (χ2v) is 8.77. The number of non-ortho nitro benzene ring substituents is 1. The number of aliphatic hydroxyl groups excluding tert-OH is 1. The van der Waals surface area contributed by atoms with Gasteiger partial charge in [-0.15, -0.1) is 12.4 Å². The predicted molar refractivity (Wildman–Crippen MR) is 138 cm³/mol. The number of rotatable bonds is 8. The number of hydrogen-bond acceptors (Lipinski definition) is 5. The summed E-state index contributed by atoms with van der Waals surface area (Å²) in [6.45, 7) is 1.72. The summed E-state index contributed by atoms with van der Waals surface area (Å²) in [7, 11) is 1.76. The maximum absolute atomic E-state index is 14.0. The second kappa shape index (κ2) is 11.9. The quantitative estimate of drug-likeness (QED) is 0.369. The van der Waals surface area contributed by atoms with Gasteiger partial charge in [-0.3, -0.25) is 19.8 Å². The standard InChI is InChI=1S/C27H29N3O4.ClH/c1-28(27(32)26(20-9-4-2-5-10-20)21-11-6-3-7-12-21)25(19-29-16-15-24(31)18-29)22-13-8-14-23(17-22)30(33)34;/h2-14,17,24-26,31H,15-16,18-19H2,1H3;1H/t24-,25+;/m0./s1. The maximum atomic E-state index is 14.0. The Labute approximate surface area is 211 Å². The molecule has 184 valence electrons. The molecule has 0 aliphatic carbocycles. The number of nitrogens with zero attached hydrogens (tertiary/aromatic N) is 3. The Morgan fingerprint density at radius 1 is 1.03 bits per heavy atom. The molecule has 0 spiro atoms. The number of hydrogen-bond donors (Lipinski definition) is 1. The van der Waals surface area contributed by atoms with Crippen LogP contribution in [-0.2, 0) is 4.79 Å². The van der Waals surface area contributed by atoms with Gasteiger partial charge in [0.1, 0.15) is 0 Å². The van der Waals surface area contributed by atoms with Crippen molar-refractivity contribution in [2.75, 3.05) is 26.7 Å². The van der Waals surface area contributed by atoms with Gasteiger partial charge in [-0.25, -0.2) is 0 Å². The zero-order valence-electron chi connectivity index (χ0n) is 19.6. The van der Waals surface area contributed by atoms with Gasteiger partial charge < -0.3 is 10.0 Å². The monoisotopic (exact) mass is 495 g/mol. The lowest BCUT2D eigenvalue weighted by molar-refractivity contribution is -0.385. The van der Waals surface area contributed by atoms with Gasteiger partial charge in [0.15, 0.2) is 0 Å². The van der Waals surface area contributed by atoms with Gasteiger partial charge in [-0.1, -0.05) is 72.8 Å². The van der Waals surface area contributed by atoms with Crippen molar-refractivity contribution in [3.8, 4) is 0 Å². The number of halogens is 1. The van der Waals surface area contributed by atoms with Gasteiger partial charge in [0, 0.05) is 38.8 Å². The van der Waals surface area contributed by atoms with Crippen LogP contribution in [0.5, 0.6) is 0 Å². The van der Waals surface area contributed by atoms with Gasteiger partial charge >= 0.3 is 0 Å². The molecule has 0 unspecified atom stereocenters. The molecule has 3 aromatic rings. The first kappa shape index (κ1) is 26.3. The molecule has 35 heavy (non-hydrogen) atoms. The lowest BCUT2D eigenvalue weighted by Crippen LogP contribution is -2.41. The molecule has 0 bridgehead atoms. The Morgan fingerprint density at radius 3 is 2.11 bits per heavy atom. The number of nitro groups is 1. The number of likely N-dealkylation sites (N-methyl/N-ethyl adjacent to an activating group) is 1. The van der Waals surface area contributed by atoms with Crippen molar-refractivity contribution in [1.29, 1.82) is 0 Å². The number of nitro benzene ring substituents is 1. The van der Waals surface area contributed by atoms with E-state index in [2.05, 4.69) is 4.90 Å². The average Bonchev–Trinajstić information content (AvgIpc) is 3.28. The molecule has 4 rings (SSSR count). The SMILES string of the molecule is CN(C(=O)C(c1ccccc1)c1ccccc1)[C@H](CN1CC[C@H](O)C1)c1cccc([N+](=O)[O-])c1.Cl. The topological polar surface area (TPSA) is 86.9 Å². The molecule has 2 atom stereocenters. The molecule has 1 amide bonds. The fraction of sp³-hybridized carbons (Fsp3) is 0.296. The smallest absolute Gasteiger partial charge is 0.269 e. The zero-order chi connectivity index (χ0) is 24.1. The fourth-order valence-corrected chi connectivity index (χ4v) is 4.65. The van der Waals surface area contributed by atoms with E-state index in [-0.39, 0.29) is 24.0 Å². The molecule has 0 aromatic heterocycles. The average molecular weight is 496 g/mol. The summed E-state index contributed by atoms with van der Waals surface area (Å²) in [6.07, 6.45) is 0.281. The lowest BCUT2D eigenvalue weighted by Gasteiger charge is -2.34. The van der Waals surface area contributed by atoms with Crippen LogP contribution in [-0.4, -0.2) is 58.5 Å². The van der Waals surface area contributed by atoms with Crippen LogP contribution in [0, 0.1) is 10.1 Å². The maximum Gasteiger partial charge on any atom is 0.269 e. The molecular formula is C27H30ClN3O4. The highest BCUT2D eigenvalue weighted by Gasteiger charge is 2.33. The van der Waals surface area contributed by atoms with E-state index >= 15 is 0 Å². The van der Waals surface area contributed by atoms with Crippen molar-refractivity contribution in [2.24, 2.45) is 0 Å². The van der Waals surface area contributed by atoms with Crippen LogP contribution < -0.4 is 0 Å². The third kappa shape index (κ3) is 6.25. The Bertz CT molecular complexity index is 1090. The van der Waals surface area contributed by atoms with Gasteiger partial charge in [-0.2, -0.15) is 0 Å². The van der Waals surface area contributed by atoms with E-state index in [9.17, 15) is 20.0 Å². The summed E-state index contributed by atoms with van der Waals surface area (Å²) in [5.41, 5.74) is 2.47. The predicted octanol–water partition coefficient (Wildman–Crippen LogP) is 4.41. The number of β-amino-alcohol motifs (C(OH)–C–C–N with tert-alkyl or cyclic N) is 1. The van der Waals surface area contributed by atoms with Crippen molar-refractivity contribution in [2.45, 2.75) is 24.5 Å². The highest BCUT2D eigenvalue weighted by atomic mass is 35.5. The van der Waals surface area contributed by atoms with Gasteiger partial charge in [0.25, 0.3) is 5.69 Å². The second-order valence-electron chi connectivity index (χ2n) is 8.77. The highest BCUT2D eigenvalue weighted by Crippen LogP contribution is 2.32. The normalized spacial score (nSPS) is 16.5. The van der Waals surface area contributed by atoms with Crippen molar-refractivity contribution < 1.29 is 14.8 Å². The van der Waals surface area contributed by atoms with Crippen LogP contribution in [0.3, 0.4) is 0 Å². The Balaban J connectivity index is 0.00000342. The van der Waals surface area contributed by atoms with Crippen molar-refractivity contribution in [3.05, 3.63) is 112 Å². The van der Waals surface area contributed by atoms with Crippen LogP contribution in [0.4, 0.5) is 5.69 Å². The van der Waals surface area contributed by atoms with E-state index in [1.54, 1.807) is 24.1 Å². The molecule has 0 radical (unpaired) electrons. The largest absolute Gasteiger partial charge is 0.392 e. The summed E-state index contributed by atoms with van der Waals surface area (Å²) in [4.78, 5) is 28.9. The Kier molecular flexibility index (Phi) is 8.98. The fourth-order valence-electron chi connectivity index (χ4n) is 4.65. The molecule has 1 aliphatic heterocycles. The molecule has 3 aromatic carbocycles. The van der Waals surface area contributed by atoms with E-state index in [4.69, 9.17) is 0 Å². The number of carbonyl (C=O) groups excluding carboxylic acids is 1. The minimum Gasteiger partial charge on any atom is -0.392 e. The molecule has 1 heterocycles. The van der Waals surface area contributed by atoms with E-state index in [0.717, 1.165) is 17.7 Å². The zero-order valence-corrected chi connectivity index (χ0v) is 20.4. The van der Waals surface area contributed by atoms with E-state index in [0.29, 0.717) is 25.1 Å². The summed E-state index contributed by atoms with van der Waals surface area (Å²) < 4.78 is 0. The molecule has 0 saturated carbocycles. The number of carbonyl (C=O) groups is 1. The first-order valence-corrected chi connectivity index (χ1v) is 11.5. The van der Waals surface area contributed by atoms with Crippen LogP contribution in [0.25, 0.3) is 0 Å². The Hall–Kier alpha value is -3.26. The van der Waals surface area contributed by atoms with Crippen molar-refractivity contribution in [1.82, 2.24) is 9.80 Å². The number of likely N-dealkylation sites (tertiary alicyclic amines) is 1. The summed E-state index contributed by atoms with van der Waals surface area (Å²) in [6, 6.07) is 25.4. The third-order valence-electron chi connectivity index (χ3n) is 6.47. The van der Waals surface area contributed by atoms with Crippen LogP contribution in [0.15, 0.2) is 84.9 Å². The molecule has 1 aliphatic rings. The minimum absolute atomic E-state index is 0. The number of amides is 1. The van der Waals surface area contributed by atoms with Crippen molar-refractivity contribution in [3.63, 3.8) is 0 Å². The van der Waals surface area contributed by atoms with Crippen LogP contribution >= 0.6 is 12.4 Å². The number of benzene rings is 3. The first-order chi connectivity index (χ1) is 16.4. The Morgan fingerprint density at radius 2 is 1.60 bits per heavy atom. The minimum atomic E-state index is -0.502. The molecule has 1 saturated heterocycles. The molecule has 7 nitrogen and oxygen atoms in total. The van der Waals surface area contributed by atoms with Gasteiger partial charge in [0.05, 0.1) is 23.0 Å². The first-order valence-electron chi connectivity index (χ1n) is 11.5. The van der Waals surface area contributed by atoms with E-state index in [1.807, 2.05) is 66.7 Å². The van der Waals surface area contributed by atoms with Crippen molar-refractivity contribution >= 4 is 24.0 Å².